The van der Waals surface area contributed by atoms with E-state index in [4.69, 9.17) is 10.5 Å². The van der Waals surface area contributed by atoms with Crippen LogP contribution >= 0.6 is 0 Å². The van der Waals surface area contributed by atoms with Crippen molar-refractivity contribution in [2.75, 3.05) is 12.8 Å². The van der Waals surface area contributed by atoms with Gasteiger partial charge in [0, 0.05) is 24.9 Å². The zero-order chi connectivity index (χ0) is 22.4. The monoisotopic (exact) mass is 421 g/mol. The number of hydrogen-bond acceptors (Lipinski definition) is 5. The summed E-state index contributed by atoms with van der Waals surface area (Å²) in [4.78, 5) is 32.9. The number of nitrogens with zero attached hydrogens (tertiary/aromatic N) is 1. The average Bonchev–Trinajstić information content (AvgIpc) is 3.11. The molecule has 8 nitrogen and oxygen atoms in total. The van der Waals surface area contributed by atoms with E-state index in [1.807, 2.05) is 44.2 Å². The zero-order valence-corrected chi connectivity index (χ0v) is 17.9. The first-order valence-corrected chi connectivity index (χ1v) is 9.94. The molecule has 1 atom stereocenters. The molecule has 162 valence electrons. The van der Waals surface area contributed by atoms with Crippen LogP contribution in [0.25, 0.3) is 0 Å². The summed E-state index contributed by atoms with van der Waals surface area (Å²) in [6.45, 7) is 4.01. The van der Waals surface area contributed by atoms with Crippen LogP contribution in [0, 0.1) is 13.8 Å². The van der Waals surface area contributed by atoms with Crippen LogP contribution in [0.2, 0.25) is 0 Å². The highest BCUT2D eigenvalue weighted by atomic mass is 16.5. The summed E-state index contributed by atoms with van der Waals surface area (Å²) < 4.78 is 5.19. The first-order valence-electron chi connectivity index (χ1n) is 9.94. The number of aryl methyl sites for hydroxylation is 2. The number of benzene rings is 1. The molecule has 1 aromatic carbocycles. The molecular formula is C23H27N5O3. The van der Waals surface area contributed by atoms with Crippen LogP contribution in [0.15, 0.2) is 48.7 Å². The number of rotatable bonds is 8. The van der Waals surface area contributed by atoms with Crippen molar-refractivity contribution in [3.8, 4) is 5.75 Å². The fourth-order valence-electron chi connectivity index (χ4n) is 3.25. The maximum absolute atomic E-state index is 13.0. The molecule has 0 radical (unpaired) electrons. The van der Waals surface area contributed by atoms with E-state index >= 15 is 0 Å². The normalized spacial score (nSPS) is 11.6. The summed E-state index contributed by atoms with van der Waals surface area (Å²) in [5, 5.41) is 5.73. The number of nitrogen functional groups attached to an aromatic ring is 1. The molecule has 2 aromatic heterocycles. The molecule has 0 spiro atoms. The summed E-state index contributed by atoms with van der Waals surface area (Å²) in [5.41, 5.74) is 9.48. The Balaban J connectivity index is 1.74. The highest BCUT2D eigenvalue weighted by molar-refractivity contribution is 5.97. The molecule has 3 aromatic rings. The van der Waals surface area contributed by atoms with Crippen molar-refractivity contribution in [1.29, 1.82) is 0 Å². The number of ether oxygens (including phenoxy) is 1. The minimum atomic E-state index is -0.759. The number of carbonyl (C=O) groups excluding carboxylic acids is 2. The molecule has 2 amide bonds. The van der Waals surface area contributed by atoms with Crippen LogP contribution < -0.4 is 21.1 Å². The number of anilines is 1. The zero-order valence-electron chi connectivity index (χ0n) is 17.9. The molecule has 0 aliphatic heterocycles. The van der Waals surface area contributed by atoms with Gasteiger partial charge in [-0.15, -0.1) is 0 Å². The van der Waals surface area contributed by atoms with E-state index in [2.05, 4.69) is 20.6 Å². The maximum atomic E-state index is 13.0. The summed E-state index contributed by atoms with van der Waals surface area (Å²) >= 11 is 0. The van der Waals surface area contributed by atoms with Crippen molar-refractivity contribution in [3.05, 3.63) is 76.7 Å². The molecule has 2 heterocycles. The summed E-state index contributed by atoms with van der Waals surface area (Å²) in [6.07, 6.45) is 1.94. The van der Waals surface area contributed by atoms with Crippen LogP contribution in [0.3, 0.4) is 0 Å². The van der Waals surface area contributed by atoms with Gasteiger partial charge < -0.3 is 26.1 Å². The van der Waals surface area contributed by atoms with Gasteiger partial charge in [0.15, 0.2) is 0 Å². The van der Waals surface area contributed by atoms with Crippen molar-refractivity contribution in [2.24, 2.45) is 0 Å². The Hall–Kier alpha value is -3.81. The first-order chi connectivity index (χ1) is 14.9. The van der Waals surface area contributed by atoms with Crippen LogP contribution in [0.4, 0.5) is 5.82 Å². The minimum Gasteiger partial charge on any atom is -0.497 e. The standard InChI is InChI=1S/C23H27N5O3/c1-14-10-15(2)27-21(14)23(30)28-19(11-16-4-7-18(31-3)8-5-16)22(29)26-13-17-6-9-20(24)25-12-17/h4-10,12,19,27H,11,13H2,1-3H3,(H2,24,25)(H,26,29)(H,28,30)/t19-/m0/s1. The van der Waals surface area contributed by atoms with Gasteiger partial charge in [-0.05, 0) is 54.8 Å². The maximum Gasteiger partial charge on any atom is 0.268 e. The molecule has 8 heteroatoms. The number of amides is 2. The van der Waals surface area contributed by atoms with E-state index in [-0.39, 0.29) is 18.4 Å². The predicted molar refractivity (Wildman–Crippen MR) is 119 cm³/mol. The third-order valence-electron chi connectivity index (χ3n) is 4.91. The quantitative estimate of drug-likeness (QED) is 0.444. The molecule has 0 bridgehead atoms. The van der Waals surface area contributed by atoms with Crippen molar-refractivity contribution < 1.29 is 14.3 Å². The first kappa shape index (κ1) is 21.9. The van der Waals surface area contributed by atoms with Gasteiger partial charge in [0.05, 0.1) is 7.11 Å². The number of nitrogens with one attached hydrogen (secondary N) is 3. The van der Waals surface area contributed by atoms with Crippen molar-refractivity contribution in [1.82, 2.24) is 20.6 Å². The molecule has 3 rings (SSSR count). The average molecular weight is 422 g/mol. The van der Waals surface area contributed by atoms with E-state index in [0.29, 0.717) is 17.9 Å². The van der Waals surface area contributed by atoms with Crippen LogP contribution in [0.5, 0.6) is 5.75 Å². The third-order valence-corrected chi connectivity index (χ3v) is 4.91. The Kier molecular flexibility index (Phi) is 6.92. The van der Waals surface area contributed by atoms with Gasteiger partial charge in [-0.1, -0.05) is 18.2 Å². The number of H-pyrrole nitrogens is 1. The summed E-state index contributed by atoms with van der Waals surface area (Å²) in [7, 11) is 1.60. The Morgan fingerprint density at radius 3 is 2.42 bits per heavy atom. The predicted octanol–water partition coefficient (Wildman–Crippen LogP) is 2.27. The Labute approximate surface area is 181 Å². The number of nitrogens with two attached hydrogens (primary N) is 1. The summed E-state index contributed by atoms with van der Waals surface area (Å²) in [6, 6.07) is 12.0. The second-order valence-electron chi connectivity index (χ2n) is 7.40. The van der Waals surface area contributed by atoms with Crippen molar-refractivity contribution in [3.63, 3.8) is 0 Å². The number of aromatic nitrogens is 2. The van der Waals surface area contributed by atoms with Crippen LogP contribution in [0.1, 0.15) is 32.9 Å². The molecule has 0 aliphatic rings. The lowest BCUT2D eigenvalue weighted by Gasteiger charge is -2.19. The number of pyridine rings is 1. The Morgan fingerprint density at radius 1 is 1.13 bits per heavy atom. The molecule has 0 saturated carbocycles. The Bertz CT molecular complexity index is 1040. The molecule has 0 fully saturated rings. The van der Waals surface area contributed by atoms with Gasteiger partial charge in [-0.3, -0.25) is 9.59 Å². The van der Waals surface area contributed by atoms with Gasteiger partial charge in [0.2, 0.25) is 5.91 Å². The van der Waals surface area contributed by atoms with E-state index in [0.717, 1.165) is 28.1 Å². The molecular weight excluding hydrogens is 394 g/mol. The smallest absolute Gasteiger partial charge is 0.268 e. The molecule has 0 saturated heterocycles. The van der Waals surface area contributed by atoms with Gasteiger partial charge in [-0.25, -0.2) is 4.98 Å². The molecule has 31 heavy (non-hydrogen) atoms. The second kappa shape index (κ2) is 9.80. The van der Waals surface area contributed by atoms with Gasteiger partial charge in [0.1, 0.15) is 23.3 Å². The number of methoxy groups -OCH3 is 1. The SMILES string of the molecule is COc1ccc(C[C@H](NC(=O)c2[nH]c(C)cc2C)C(=O)NCc2ccc(N)nc2)cc1. The van der Waals surface area contributed by atoms with Gasteiger partial charge in [-0.2, -0.15) is 0 Å². The van der Waals surface area contributed by atoms with Crippen molar-refractivity contribution >= 4 is 17.6 Å². The van der Waals surface area contributed by atoms with Gasteiger partial charge >= 0.3 is 0 Å². The highest BCUT2D eigenvalue weighted by Crippen LogP contribution is 2.14. The lowest BCUT2D eigenvalue weighted by Crippen LogP contribution is -2.48. The fourth-order valence-corrected chi connectivity index (χ4v) is 3.25. The second-order valence-corrected chi connectivity index (χ2v) is 7.40. The lowest BCUT2D eigenvalue weighted by molar-refractivity contribution is -0.123. The van der Waals surface area contributed by atoms with E-state index in [1.54, 1.807) is 25.4 Å². The third kappa shape index (κ3) is 5.85. The van der Waals surface area contributed by atoms with E-state index in [9.17, 15) is 9.59 Å². The number of carbonyl (C=O) groups is 2. The van der Waals surface area contributed by atoms with Crippen LogP contribution in [-0.4, -0.2) is 34.9 Å². The topological polar surface area (TPSA) is 122 Å². The van der Waals surface area contributed by atoms with E-state index in [1.165, 1.54) is 0 Å². The number of hydrogen-bond donors (Lipinski definition) is 4. The Morgan fingerprint density at radius 2 is 1.84 bits per heavy atom. The largest absolute Gasteiger partial charge is 0.497 e. The van der Waals surface area contributed by atoms with E-state index < -0.39 is 6.04 Å². The summed E-state index contributed by atoms with van der Waals surface area (Å²) in [5.74, 6) is 0.522. The molecule has 0 unspecified atom stereocenters. The molecule has 5 N–H and O–H groups in total. The number of aromatic amines is 1. The van der Waals surface area contributed by atoms with Gasteiger partial charge in [0.25, 0.3) is 5.91 Å². The molecule has 0 aliphatic carbocycles. The fraction of sp³-hybridized carbons (Fsp3) is 0.261. The van der Waals surface area contributed by atoms with Crippen molar-refractivity contribution in [2.45, 2.75) is 32.9 Å². The lowest BCUT2D eigenvalue weighted by atomic mass is 10.0. The minimum absolute atomic E-state index is 0.279. The van der Waals surface area contributed by atoms with Crippen LogP contribution in [-0.2, 0) is 17.8 Å². The highest BCUT2D eigenvalue weighted by Gasteiger charge is 2.23.